The zero-order chi connectivity index (χ0) is 14.8. The van der Waals surface area contributed by atoms with Crippen LogP contribution in [0.15, 0.2) is 24.3 Å². The second-order valence-electron chi connectivity index (χ2n) is 4.60. The molecule has 106 valence electrons. The molecule has 1 atom stereocenters. The average molecular weight is 281 g/mol. The van der Waals surface area contributed by atoms with Crippen molar-refractivity contribution in [1.29, 1.82) is 5.26 Å². The van der Waals surface area contributed by atoms with Crippen molar-refractivity contribution >= 4 is 11.0 Å². The summed E-state index contributed by atoms with van der Waals surface area (Å²) in [5.41, 5.74) is 1.30. The molecule has 0 aliphatic rings. The van der Waals surface area contributed by atoms with Gasteiger partial charge in [0, 0.05) is 13.0 Å². The number of halogens is 3. The summed E-state index contributed by atoms with van der Waals surface area (Å²) < 4.78 is 39.8. The maximum absolute atomic E-state index is 12.8. The Morgan fingerprint density at radius 2 is 2.05 bits per heavy atom. The average Bonchev–Trinajstić information content (AvgIpc) is 2.72. The molecule has 2 aromatic rings. The van der Waals surface area contributed by atoms with Gasteiger partial charge in [0.25, 0.3) is 0 Å². The molecule has 0 radical (unpaired) electrons. The van der Waals surface area contributed by atoms with E-state index in [0.717, 1.165) is 6.42 Å². The van der Waals surface area contributed by atoms with Gasteiger partial charge in [-0.2, -0.15) is 18.4 Å². The Kier molecular flexibility index (Phi) is 3.98. The molecular weight excluding hydrogens is 267 g/mol. The number of para-hydroxylation sites is 2. The predicted molar refractivity (Wildman–Crippen MR) is 68.9 cm³/mol. The van der Waals surface area contributed by atoms with Crippen LogP contribution in [0.25, 0.3) is 11.0 Å². The van der Waals surface area contributed by atoms with Gasteiger partial charge in [-0.25, -0.2) is 4.98 Å². The van der Waals surface area contributed by atoms with Crippen LogP contribution in [0.1, 0.15) is 19.2 Å². The van der Waals surface area contributed by atoms with Gasteiger partial charge in [0.15, 0.2) is 5.92 Å². The van der Waals surface area contributed by atoms with Crippen molar-refractivity contribution in [1.82, 2.24) is 9.55 Å². The lowest BCUT2D eigenvalue weighted by molar-refractivity contribution is -0.161. The largest absolute Gasteiger partial charge is 0.406 e. The quantitative estimate of drug-likeness (QED) is 0.857. The minimum absolute atomic E-state index is 0.407. The summed E-state index contributed by atoms with van der Waals surface area (Å²) in [4.78, 5) is 4.36. The Morgan fingerprint density at radius 1 is 1.35 bits per heavy atom. The van der Waals surface area contributed by atoms with Crippen molar-refractivity contribution in [3.8, 4) is 6.07 Å². The first-order valence-corrected chi connectivity index (χ1v) is 6.37. The Morgan fingerprint density at radius 3 is 2.65 bits per heavy atom. The lowest BCUT2D eigenvalue weighted by Crippen LogP contribution is -2.26. The van der Waals surface area contributed by atoms with Crippen molar-refractivity contribution in [2.24, 2.45) is 5.92 Å². The number of nitriles is 1. The molecule has 0 N–H and O–H groups in total. The molecule has 6 heteroatoms. The minimum Gasteiger partial charge on any atom is -0.326 e. The lowest BCUT2D eigenvalue weighted by atomic mass is 10.1. The van der Waals surface area contributed by atoms with Gasteiger partial charge >= 0.3 is 6.18 Å². The van der Waals surface area contributed by atoms with E-state index in [4.69, 9.17) is 5.26 Å². The first-order valence-electron chi connectivity index (χ1n) is 6.37. The van der Waals surface area contributed by atoms with E-state index in [0.29, 0.717) is 23.3 Å². The Labute approximate surface area is 114 Å². The number of hydrogen-bond donors (Lipinski definition) is 0. The van der Waals surface area contributed by atoms with Crippen molar-refractivity contribution < 1.29 is 13.2 Å². The van der Waals surface area contributed by atoms with E-state index in [2.05, 4.69) is 4.98 Å². The molecule has 0 fully saturated rings. The molecule has 0 aliphatic heterocycles. The summed E-state index contributed by atoms with van der Waals surface area (Å²) in [6.07, 6.45) is -3.15. The van der Waals surface area contributed by atoms with Crippen molar-refractivity contribution in [2.45, 2.75) is 32.5 Å². The van der Waals surface area contributed by atoms with E-state index in [1.165, 1.54) is 10.6 Å². The molecule has 2 rings (SSSR count). The molecule has 20 heavy (non-hydrogen) atoms. The van der Waals surface area contributed by atoms with Crippen LogP contribution in [0.3, 0.4) is 0 Å². The maximum atomic E-state index is 12.8. The highest BCUT2D eigenvalue weighted by Gasteiger charge is 2.40. The standard InChI is InChI=1S/C14H14F3N3/c1-2-5-13-19-11-6-3-4-7-12(11)20(13)9-10(8-18)14(15,16)17/h3-4,6-7,10H,2,5,9H2,1H3. The third-order valence-electron chi connectivity index (χ3n) is 3.12. The third kappa shape index (κ3) is 2.77. The van der Waals surface area contributed by atoms with Crippen molar-refractivity contribution in [2.75, 3.05) is 0 Å². The van der Waals surface area contributed by atoms with Gasteiger partial charge in [-0.3, -0.25) is 0 Å². The van der Waals surface area contributed by atoms with Crippen LogP contribution in [-0.4, -0.2) is 15.7 Å². The Bertz CT molecular complexity index is 637. The monoisotopic (exact) mass is 281 g/mol. The summed E-state index contributed by atoms with van der Waals surface area (Å²) in [6.45, 7) is 1.53. The first-order chi connectivity index (χ1) is 9.47. The second-order valence-corrected chi connectivity index (χ2v) is 4.60. The Hall–Kier alpha value is -2.03. The molecule has 0 bridgehead atoms. The molecule has 1 aromatic carbocycles. The number of alkyl halides is 3. The van der Waals surface area contributed by atoms with E-state index < -0.39 is 18.6 Å². The SMILES string of the molecule is CCCc1nc2ccccc2n1CC(C#N)C(F)(F)F. The zero-order valence-electron chi connectivity index (χ0n) is 11.0. The number of fused-ring (bicyclic) bond motifs is 1. The summed E-state index contributed by atoms with van der Waals surface area (Å²) in [6, 6.07) is 8.38. The van der Waals surface area contributed by atoms with Crippen LogP contribution in [0.2, 0.25) is 0 Å². The van der Waals surface area contributed by atoms with E-state index in [1.54, 1.807) is 24.3 Å². The number of aryl methyl sites for hydroxylation is 1. The van der Waals surface area contributed by atoms with Crippen molar-refractivity contribution in [3.05, 3.63) is 30.1 Å². The molecule has 0 spiro atoms. The van der Waals surface area contributed by atoms with Crippen LogP contribution < -0.4 is 0 Å². The summed E-state index contributed by atoms with van der Waals surface area (Å²) in [7, 11) is 0. The topological polar surface area (TPSA) is 41.6 Å². The van der Waals surface area contributed by atoms with Gasteiger partial charge in [-0.15, -0.1) is 0 Å². The minimum atomic E-state index is -4.52. The van der Waals surface area contributed by atoms with Gasteiger partial charge in [-0.1, -0.05) is 19.1 Å². The van der Waals surface area contributed by atoms with E-state index in [-0.39, 0.29) is 0 Å². The number of imidazole rings is 1. The van der Waals surface area contributed by atoms with Gasteiger partial charge < -0.3 is 4.57 Å². The number of aromatic nitrogens is 2. The third-order valence-corrected chi connectivity index (χ3v) is 3.12. The van der Waals surface area contributed by atoms with Crippen LogP contribution in [-0.2, 0) is 13.0 Å². The Balaban J connectivity index is 2.46. The van der Waals surface area contributed by atoms with Gasteiger partial charge in [0.1, 0.15) is 5.82 Å². The number of benzene rings is 1. The van der Waals surface area contributed by atoms with Crippen molar-refractivity contribution in [3.63, 3.8) is 0 Å². The molecule has 0 saturated heterocycles. The lowest BCUT2D eigenvalue weighted by Gasteiger charge is -2.16. The molecule has 1 unspecified atom stereocenters. The fourth-order valence-corrected chi connectivity index (χ4v) is 2.14. The fraction of sp³-hybridized carbons (Fsp3) is 0.429. The molecular formula is C14H14F3N3. The van der Waals surface area contributed by atoms with Gasteiger partial charge in [0.05, 0.1) is 17.1 Å². The number of rotatable bonds is 4. The predicted octanol–water partition coefficient (Wildman–Crippen LogP) is 3.69. The summed E-state index contributed by atoms with van der Waals surface area (Å²) in [5.74, 6) is -1.42. The molecule has 1 heterocycles. The highest BCUT2D eigenvalue weighted by Crippen LogP contribution is 2.29. The number of nitrogens with zero attached hydrogens (tertiary/aromatic N) is 3. The maximum Gasteiger partial charge on any atom is 0.406 e. The normalized spacial score (nSPS) is 13.3. The smallest absolute Gasteiger partial charge is 0.326 e. The van der Waals surface area contributed by atoms with E-state index >= 15 is 0 Å². The molecule has 0 amide bonds. The zero-order valence-corrected chi connectivity index (χ0v) is 11.0. The van der Waals surface area contributed by atoms with E-state index in [9.17, 15) is 13.2 Å². The molecule has 0 aliphatic carbocycles. The number of hydrogen-bond acceptors (Lipinski definition) is 2. The van der Waals surface area contributed by atoms with Gasteiger partial charge in [-0.05, 0) is 18.6 Å². The molecule has 1 aromatic heterocycles. The van der Waals surface area contributed by atoms with Crippen LogP contribution in [0, 0.1) is 17.2 Å². The fourth-order valence-electron chi connectivity index (χ4n) is 2.14. The van der Waals surface area contributed by atoms with E-state index in [1.807, 2.05) is 6.92 Å². The highest BCUT2D eigenvalue weighted by molar-refractivity contribution is 5.75. The highest BCUT2D eigenvalue weighted by atomic mass is 19.4. The van der Waals surface area contributed by atoms with Crippen LogP contribution in [0.5, 0.6) is 0 Å². The van der Waals surface area contributed by atoms with Crippen LogP contribution in [0.4, 0.5) is 13.2 Å². The van der Waals surface area contributed by atoms with Gasteiger partial charge in [0.2, 0.25) is 0 Å². The molecule has 3 nitrogen and oxygen atoms in total. The summed E-state index contributed by atoms with van der Waals surface area (Å²) in [5, 5.41) is 8.75. The molecule has 0 saturated carbocycles. The van der Waals surface area contributed by atoms with Crippen LogP contribution >= 0.6 is 0 Å². The summed E-state index contributed by atoms with van der Waals surface area (Å²) >= 11 is 0. The second kappa shape index (κ2) is 5.53. The first kappa shape index (κ1) is 14.4.